The van der Waals surface area contributed by atoms with Crippen molar-refractivity contribution >= 4 is 17.3 Å². The Balaban J connectivity index is 1.96. The van der Waals surface area contributed by atoms with Crippen LogP contribution in [0.15, 0.2) is 42.5 Å². The minimum Gasteiger partial charge on any atom is -0.484 e. The molecule has 0 fully saturated rings. The normalized spacial score (nSPS) is 10.1. The van der Waals surface area contributed by atoms with E-state index in [1.807, 2.05) is 32.0 Å². The summed E-state index contributed by atoms with van der Waals surface area (Å²) in [5, 5.41) is 2.87. The van der Waals surface area contributed by atoms with E-state index in [1.165, 1.54) is 0 Å². The van der Waals surface area contributed by atoms with Gasteiger partial charge in [-0.25, -0.2) is 0 Å². The molecular formula is C16H18N2O2. The van der Waals surface area contributed by atoms with Gasteiger partial charge in [0.25, 0.3) is 5.91 Å². The largest absolute Gasteiger partial charge is 0.484 e. The monoisotopic (exact) mass is 270 g/mol. The Kier molecular flexibility index (Phi) is 4.25. The molecule has 2 rings (SSSR count). The van der Waals surface area contributed by atoms with Crippen LogP contribution in [-0.2, 0) is 4.79 Å². The summed E-state index contributed by atoms with van der Waals surface area (Å²) in [7, 11) is 0. The van der Waals surface area contributed by atoms with Crippen LogP contribution in [0.4, 0.5) is 11.4 Å². The molecule has 0 spiro atoms. The fourth-order valence-corrected chi connectivity index (χ4v) is 1.94. The smallest absolute Gasteiger partial charge is 0.262 e. The molecule has 2 aromatic carbocycles. The highest BCUT2D eigenvalue weighted by Gasteiger charge is 2.08. The van der Waals surface area contributed by atoms with Crippen LogP contribution in [0.25, 0.3) is 0 Å². The molecule has 2 aromatic rings. The number of hydrogen-bond acceptors (Lipinski definition) is 3. The van der Waals surface area contributed by atoms with Gasteiger partial charge in [0, 0.05) is 17.4 Å². The Labute approximate surface area is 118 Å². The molecule has 4 heteroatoms. The summed E-state index contributed by atoms with van der Waals surface area (Å²) in [6.07, 6.45) is 0. The van der Waals surface area contributed by atoms with E-state index in [-0.39, 0.29) is 12.5 Å². The van der Waals surface area contributed by atoms with Crippen molar-refractivity contribution < 1.29 is 9.53 Å². The lowest BCUT2D eigenvalue weighted by Crippen LogP contribution is -2.21. The van der Waals surface area contributed by atoms with Gasteiger partial charge < -0.3 is 15.8 Å². The topological polar surface area (TPSA) is 64.3 Å². The molecule has 1 amide bonds. The number of nitrogens with two attached hydrogens (primary N) is 1. The van der Waals surface area contributed by atoms with E-state index in [4.69, 9.17) is 10.5 Å². The number of aryl methyl sites for hydroxylation is 2. The van der Waals surface area contributed by atoms with Crippen LogP contribution in [-0.4, -0.2) is 12.5 Å². The van der Waals surface area contributed by atoms with Gasteiger partial charge in [0.15, 0.2) is 6.61 Å². The van der Waals surface area contributed by atoms with Crippen molar-refractivity contribution in [3.8, 4) is 5.75 Å². The Morgan fingerprint density at radius 2 is 1.80 bits per heavy atom. The Morgan fingerprint density at radius 3 is 2.45 bits per heavy atom. The van der Waals surface area contributed by atoms with E-state index in [0.29, 0.717) is 11.4 Å². The number of nitrogens with one attached hydrogen (secondary N) is 1. The first-order valence-electron chi connectivity index (χ1n) is 6.40. The molecular weight excluding hydrogens is 252 g/mol. The summed E-state index contributed by atoms with van der Waals surface area (Å²) >= 11 is 0. The van der Waals surface area contributed by atoms with Gasteiger partial charge in [0.2, 0.25) is 0 Å². The average molecular weight is 270 g/mol. The maximum absolute atomic E-state index is 11.9. The molecule has 0 heterocycles. The van der Waals surface area contributed by atoms with E-state index in [1.54, 1.807) is 24.3 Å². The van der Waals surface area contributed by atoms with Crippen LogP contribution in [0.2, 0.25) is 0 Å². The second-order valence-electron chi connectivity index (χ2n) is 4.68. The minimum atomic E-state index is -0.190. The quantitative estimate of drug-likeness (QED) is 0.840. The van der Waals surface area contributed by atoms with Crippen molar-refractivity contribution in [1.82, 2.24) is 0 Å². The predicted molar refractivity (Wildman–Crippen MR) is 80.9 cm³/mol. The molecule has 104 valence electrons. The summed E-state index contributed by atoms with van der Waals surface area (Å²) in [5.41, 5.74) is 9.16. The molecule has 0 radical (unpaired) electrons. The number of amides is 1. The molecule has 0 unspecified atom stereocenters. The van der Waals surface area contributed by atoms with Crippen LogP contribution < -0.4 is 15.8 Å². The summed E-state index contributed by atoms with van der Waals surface area (Å²) in [6.45, 7) is 3.87. The molecule has 0 aliphatic rings. The van der Waals surface area contributed by atoms with Crippen molar-refractivity contribution in [2.24, 2.45) is 0 Å². The highest BCUT2D eigenvalue weighted by molar-refractivity contribution is 5.93. The van der Waals surface area contributed by atoms with Gasteiger partial charge in [-0.2, -0.15) is 0 Å². The maximum Gasteiger partial charge on any atom is 0.262 e. The van der Waals surface area contributed by atoms with Crippen LogP contribution in [0.1, 0.15) is 11.1 Å². The Morgan fingerprint density at radius 1 is 1.15 bits per heavy atom. The lowest BCUT2D eigenvalue weighted by molar-refractivity contribution is -0.118. The van der Waals surface area contributed by atoms with Gasteiger partial charge in [-0.05, 0) is 37.1 Å². The lowest BCUT2D eigenvalue weighted by Gasteiger charge is -2.12. The molecule has 3 N–H and O–H groups in total. The fourth-order valence-electron chi connectivity index (χ4n) is 1.94. The summed E-state index contributed by atoms with van der Waals surface area (Å²) < 4.78 is 5.41. The van der Waals surface area contributed by atoms with Gasteiger partial charge in [0.05, 0.1) is 0 Å². The van der Waals surface area contributed by atoms with Crippen LogP contribution in [0.5, 0.6) is 5.75 Å². The minimum absolute atomic E-state index is 0.0444. The van der Waals surface area contributed by atoms with E-state index in [9.17, 15) is 4.79 Å². The number of para-hydroxylation sites is 1. The SMILES string of the molecule is Cc1cccc(C)c1NC(=O)COc1cccc(N)c1. The zero-order valence-electron chi connectivity index (χ0n) is 11.6. The van der Waals surface area contributed by atoms with Gasteiger partial charge in [0.1, 0.15) is 5.75 Å². The predicted octanol–water partition coefficient (Wildman–Crippen LogP) is 2.90. The maximum atomic E-state index is 11.9. The standard InChI is InChI=1S/C16H18N2O2/c1-11-5-3-6-12(2)16(11)18-15(19)10-20-14-8-4-7-13(17)9-14/h3-9H,10,17H2,1-2H3,(H,18,19). The zero-order valence-corrected chi connectivity index (χ0v) is 11.6. The number of hydrogen-bond donors (Lipinski definition) is 2. The summed E-state index contributed by atoms with van der Waals surface area (Å²) in [6, 6.07) is 12.9. The summed E-state index contributed by atoms with van der Waals surface area (Å²) in [5.74, 6) is 0.395. The fraction of sp³-hybridized carbons (Fsp3) is 0.188. The zero-order chi connectivity index (χ0) is 14.5. The molecule has 0 atom stereocenters. The molecule has 20 heavy (non-hydrogen) atoms. The van der Waals surface area contributed by atoms with Gasteiger partial charge in [-0.15, -0.1) is 0 Å². The first-order chi connectivity index (χ1) is 9.56. The number of anilines is 2. The van der Waals surface area contributed by atoms with E-state index < -0.39 is 0 Å². The molecule has 0 bridgehead atoms. The lowest BCUT2D eigenvalue weighted by atomic mass is 10.1. The van der Waals surface area contributed by atoms with Crippen LogP contribution >= 0.6 is 0 Å². The summed E-state index contributed by atoms with van der Waals surface area (Å²) in [4.78, 5) is 11.9. The first-order valence-corrected chi connectivity index (χ1v) is 6.40. The Hall–Kier alpha value is -2.49. The highest BCUT2D eigenvalue weighted by atomic mass is 16.5. The van der Waals surface area contributed by atoms with E-state index in [0.717, 1.165) is 16.8 Å². The number of ether oxygens (including phenoxy) is 1. The third kappa shape index (κ3) is 3.51. The number of nitrogen functional groups attached to an aromatic ring is 1. The number of carbonyl (C=O) groups excluding carboxylic acids is 1. The number of benzene rings is 2. The van der Waals surface area contributed by atoms with E-state index in [2.05, 4.69) is 5.32 Å². The van der Waals surface area contributed by atoms with Crippen molar-refractivity contribution in [2.45, 2.75) is 13.8 Å². The van der Waals surface area contributed by atoms with Crippen molar-refractivity contribution in [2.75, 3.05) is 17.7 Å². The third-order valence-electron chi connectivity index (χ3n) is 2.97. The molecule has 0 saturated carbocycles. The number of carbonyl (C=O) groups is 1. The Bertz CT molecular complexity index is 603. The van der Waals surface area contributed by atoms with Gasteiger partial charge in [-0.1, -0.05) is 24.3 Å². The average Bonchev–Trinajstić information content (AvgIpc) is 2.41. The number of rotatable bonds is 4. The molecule has 0 aliphatic carbocycles. The highest BCUT2D eigenvalue weighted by Crippen LogP contribution is 2.19. The van der Waals surface area contributed by atoms with Gasteiger partial charge in [-0.3, -0.25) is 4.79 Å². The van der Waals surface area contributed by atoms with Crippen LogP contribution in [0.3, 0.4) is 0 Å². The van der Waals surface area contributed by atoms with Crippen molar-refractivity contribution in [3.05, 3.63) is 53.6 Å². The second kappa shape index (κ2) is 6.10. The van der Waals surface area contributed by atoms with Crippen molar-refractivity contribution in [1.29, 1.82) is 0 Å². The van der Waals surface area contributed by atoms with Crippen molar-refractivity contribution in [3.63, 3.8) is 0 Å². The molecule has 0 aliphatic heterocycles. The third-order valence-corrected chi connectivity index (χ3v) is 2.97. The second-order valence-corrected chi connectivity index (χ2v) is 4.68. The molecule has 4 nitrogen and oxygen atoms in total. The van der Waals surface area contributed by atoms with E-state index >= 15 is 0 Å². The van der Waals surface area contributed by atoms with Crippen LogP contribution in [0, 0.1) is 13.8 Å². The van der Waals surface area contributed by atoms with Gasteiger partial charge >= 0.3 is 0 Å². The molecule has 0 saturated heterocycles. The first kappa shape index (κ1) is 13.9. The molecule has 0 aromatic heterocycles.